The van der Waals surface area contributed by atoms with Crippen LogP contribution in [0.3, 0.4) is 0 Å². The van der Waals surface area contributed by atoms with E-state index in [0.29, 0.717) is 18.1 Å². The first-order valence-corrected chi connectivity index (χ1v) is 5.18. The van der Waals surface area contributed by atoms with Gasteiger partial charge in [-0.2, -0.15) is 0 Å². The Labute approximate surface area is 90.6 Å². The molecular weight excluding hydrogens is 255 g/mol. The molecule has 0 bridgehead atoms. The number of halogens is 2. The molecule has 72 valence electrons. The molecule has 0 unspecified atom stereocenters. The second-order valence-corrected chi connectivity index (χ2v) is 4.02. The minimum atomic E-state index is -0.508. The Balaban J connectivity index is 2.37. The highest BCUT2D eigenvalue weighted by Crippen LogP contribution is 2.17. The van der Waals surface area contributed by atoms with Crippen molar-refractivity contribution in [1.29, 1.82) is 0 Å². The van der Waals surface area contributed by atoms with Gasteiger partial charge in [0, 0.05) is 11.4 Å². The van der Waals surface area contributed by atoms with Crippen LogP contribution in [-0.4, -0.2) is 16.7 Å². The van der Waals surface area contributed by atoms with Crippen LogP contribution in [0.2, 0.25) is 5.02 Å². The van der Waals surface area contributed by atoms with E-state index in [2.05, 4.69) is 15.9 Å². The van der Waals surface area contributed by atoms with Crippen molar-refractivity contribution in [2.45, 2.75) is 11.4 Å². The van der Waals surface area contributed by atoms with Crippen molar-refractivity contribution in [3.8, 4) is 5.75 Å². The molecule has 0 radical (unpaired) electrons. The Morgan fingerprint density at radius 2 is 2.31 bits per heavy atom. The van der Waals surface area contributed by atoms with E-state index in [1.165, 1.54) is 0 Å². The van der Waals surface area contributed by atoms with E-state index in [4.69, 9.17) is 21.4 Å². The molecule has 13 heavy (non-hydrogen) atoms. The number of rotatable bonds is 4. The highest BCUT2D eigenvalue weighted by atomic mass is 79.9. The van der Waals surface area contributed by atoms with E-state index < -0.39 is 5.01 Å². The van der Waals surface area contributed by atoms with Crippen LogP contribution >= 0.6 is 27.5 Å². The molecule has 2 nitrogen and oxygen atoms in total. The zero-order chi connectivity index (χ0) is 9.68. The van der Waals surface area contributed by atoms with E-state index in [1.807, 2.05) is 12.1 Å². The number of aliphatic hydroxyl groups excluding tert-OH is 1. The van der Waals surface area contributed by atoms with Gasteiger partial charge < -0.3 is 9.84 Å². The Hall–Kier alpha value is -0.250. The number of hydrogen-bond acceptors (Lipinski definition) is 2. The monoisotopic (exact) mass is 264 g/mol. The highest BCUT2D eigenvalue weighted by molar-refractivity contribution is 9.09. The summed E-state index contributed by atoms with van der Waals surface area (Å²) in [4.78, 5) is 0. The third kappa shape index (κ3) is 4.50. The normalized spacial score (nSPS) is 12.5. The summed E-state index contributed by atoms with van der Waals surface area (Å²) in [5.41, 5.74) is 0. The van der Waals surface area contributed by atoms with Crippen LogP contribution in [0.5, 0.6) is 5.75 Å². The van der Waals surface area contributed by atoms with Crippen LogP contribution < -0.4 is 4.74 Å². The lowest BCUT2D eigenvalue weighted by Gasteiger charge is -2.06. The SMILES string of the molecule is O[C@H](Br)CCOc1cccc(Cl)c1. The second kappa shape index (κ2) is 5.47. The summed E-state index contributed by atoms with van der Waals surface area (Å²) in [5.74, 6) is 0.723. The molecule has 0 heterocycles. The van der Waals surface area contributed by atoms with Crippen molar-refractivity contribution < 1.29 is 9.84 Å². The zero-order valence-corrected chi connectivity index (χ0v) is 9.25. The maximum absolute atomic E-state index is 8.90. The molecule has 0 amide bonds. The first-order chi connectivity index (χ1) is 6.18. The van der Waals surface area contributed by atoms with E-state index in [0.717, 1.165) is 5.75 Å². The zero-order valence-electron chi connectivity index (χ0n) is 6.91. The summed E-state index contributed by atoms with van der Waals surface area (Å²) in [5, 5.41) is 9.04. The van der Waals surface area contributed by atoms with E-state index in [9.17, 15) is 0 Å². The van der Waals surface area contributed by atoms with Gasteiger partial charge >= 0.3 is 0 Å². The van der Waals surface area contributed by atoms with Crippen LogP contribution in [0, 0.1) is 0 Å². The first kappa shape index (κ1) is 10.8. The van der Waals surface area contributed by atoms with Crippen molar-refractivity contribution in [2.24, 2.45) is 0 Å². The molecule has 0 aromatic heterocycles. The van der Waals surface area contributed by atoms with Gasteiger partial charge in [0.25, 0.3) is 0 Å². The largest absolute Gasteiger partial charge is 0.493 e. The maximum atomic E-state index is 8.90. The Morgan fingerprint density at radius 1 is 1.54 bits per heavy atom. The molecule has 1 N–H and O–H groups in total. The van der Waals surface area contributed by atoms with Crippen molar-refractivity contribution in [3.63, 3.8) is 0 Å². The molecule has 1 aromatic carbocycles. The molecule has 0 saturated heterocycles. The van der Waals surface area contributed by atoms with Crippen LogP contribution in [0.1, 0.15) is 6.42 Å². The van der Waals surface area contributed by atoms with Crippen molar-refractivity contribution >= 4 is 27.5 Å². The van der Waals surface area contributed by atoms with Gasteiger partial charge in [-0.25, -0.2) is 0 Å². The van der Waals surface area contributed by atoms with Gasteiger partial charge in [0.05, 0.1) is 6.61 Å². The summed E-state index contributed by atoms with van der Waals surface area (Å²) in [6, 6.07) is 7.17. The van der Waals surface area contributed by atoms with E-state index in [-0.39, 0.29) is 0 Å². The molecule has 0 aliphatic heterocycles. The van der Waals surface area contributed by atoms with Crippen molar-refractivity contribution in [2.75, 3.05) is 6.61 Å². The average Bonchev–Trinajstić information content (AvgIpc) is 2.03. The van der Waals surface area contributed by atoms with Gasteiger partial charge in [0.2, 0.25) is 0 Å². The van der Waals surface area contributed by atoms with Crippen LogP contribution in [0.4, 0.5) is 0 Å². The summed E-state index contributed by atoms with van der Waals surface area (Å²) in [7, 11) is 0. The average molecular weight is 266 g/mol. The van der Waals surface area contributed by atoms with Crippen LogP contribution in [0.25, 0.3) is 0 Å². The molecule has 0 saturated carbocycles. The molecule has 4 heteroatoms. The molecule has 0 aliphatic rings. The molecule has 0 aliphatic carbocycles. The lowest BCUT2D eigenvalue weighted by Crippen LogP contribution is -2.04. The van der Waals surface area contributed by atoms with E-state index in [1.54, 1.807) is 12.1 Å². The maximum Gasteiger partial charge on any atom is 0.120 e. The van der Waals surface area contributed by atoms with Gasteiger partial charge in [-0.15, -0.1) is 0 Å². The summed E-state index contributed by atoms with van der Waals surface area (Å²) >= 11 is 8.76. The topological polar surface area (TPSA) is 29.5 Å². The predicted octanol–water partition coefficient (Wildman–Crippen LogP) is 2.82. The van der Waals surface area contributed by atoms with Gasteiger partial charge in [-0.1, -0.05) is 33.6 Å². The van der Waals surface area contributed by atoms with Crippen molar-refractivity contribution in [1.82, 2.24) is 0 Å². The fourth-order valence-electron chi connectivity index (χ4n) is 0.831. The smallest absolute Gasteiger partial charge is 0.120 e. The predicted molar refractivity (Wildman–Crippen MR) is 56.5 cm³/mol. The van der Waals surface area contributed by atoms with Crippen molar-refractivity contribution in [3.05, 3.63) is 29.3 Å². The number of hydrogen-bond donors (Lipinski definition) is 1. The minimum Gasteiger partial charge on any atom is -0.493 e. The molecule has 1 atom stereocenters. The van der Waals surface area contributed by atoms with Crippen LogP contribution in [-0.2, 0) is 0 Å². The minimum absolute atomic E-state index is 0.465. The summed E-state index contributed by atoms with van der Waals surface area (Å²) in [6.45, 7) is 0.465. The number of ether oxygens (including phenoxy) is 1. The highest BCUT2D eigenvalue weighted by Gasteiger charge is 1.98. The number of aliphatic hydroxyl groups is 1. The Morgan fingerprint density at radius 3 is 2.92 bits per heavy atom. The lowest BCUT2D eigenvalue weighted by atomic mass is 10.3. The van der Waals surface area contributed by atoms with E-state index >= 15 is 0 Å². The fourth-order valence-corrected chi connectivity index (χ4v) is 1.20. The molecular formula is C9H10BrClO2. The summed E-state index contributed by atoms with van der Waals surface area (Å²) < 4.78 is 5.32. The Bertz CT molecular complexity index is 266. The first-order valence-electron chi connectivity index (χ1n) is 3.89. The molecule has 0 fully saturated rings. The van der Waals surface area contributed by atoms with Gasteiger partial charge in [-0.3, -0.25) is 0 Å². The molecule has 1 rings (SSSR count). The van der Waals surface area contributed by atoms with Gasteiger partial charge in [0.1, 0.15) is 10.8 Å². The number of alkyl halides is 1. The second-order valence-electron chi connectivity index (χ2n) is 2.53. The fraction of sp³-hybridized carbons (Fsp3) is 0.333. The number of benzene rings is 1. The standard InChI is InChI=1S/C9H10BrClO2/c10-9(12)4-5-13-8-3-1-2-7(11)6-8/h1-3,6,9,12H,4-5H2/t9-/m0/s1. The molecule has 0 spiro atoms. The van der Waals surface area contributed by atoms with Gasteiger partial charge in [0.15, 0.2) is 0 Å². The molecule has 1 aromatic rings. The quantitative estimate of drug-likeness (QED) is 0.848. The third-order valence-electron chi connectivity index (χ3n) is 1.42. The van der Waals surface area contributed by atoms with Crippen LogP contribution in [0.15, 0.2) is 24.3 Å². The van der Waals surface area contributed by atoms with Gasteiger partial charge in [-0.05, 0) is 18.2 Å². The summed E-state index contributed by atoms with van der Waals surface area (Å²) in [6.07, 6.45) is 0.548. The lowest BCUT2D eigenvalue weighted by molar-refractivity contribution is 0.214. The third-order valence-corrected chi connectivity index (χ3v) is 2.11. The Kier molecular flexibility index (Phi) is 4.56.